The van der Waals surface area contributed by atoms with Gasteiger partial charge in [-0.1, -0.05) is 110 Å². The summed E-state index contributed by atoms with van der Waals surface area (Å²) < 4.78 is 0. The van der Waals surface area contributed by atoms with E-state index >= 15 is 0 Å². The Bertz CT molecular complexity index is 1660. The van der Waals surface area contributed by atoms with Crippen LogP contribution in [-0.4, -0.2) is 0 Å². The molecule has 0 fully saturated rings. The molecule has 3 aliphatic carbocycles. The van der Waals surface area contributed by atoms with Gasteiger partial charge in [0.2, 0.25) is 0 Å². The second kappa shape index (κ2) is 9.62. The molecular formula is C34H28Cl2. The quantitative estimate of drug-likeness (QED) is 0.236. The number of allylic oxidation sites excluding steroid dienone is 4. The highest BCUT2D eigenvalue weighted by Gasteiger charge is 2.32. The Kier molecular flexibility index (Phi) is 6.51. The standard InChI is InChI=1S/C34H26.2ClH/c1-2-22-19-30(23-11-4-3-5-12-23)34-27-16-9-7-14-25(27)21-32(34)33(22)29-18-10-17-28-26-15-8-6-13-24(26)20-31(28)29;;/h3-19,21,30H,2,20H2,1H3;2*1H. The van der Waals surface area contributed by atoms with Gasteiger partial charge in [-0.05, 0) is 85.0 Å². The van der Waals surface area contributed by atoms with Gasteiger partial charge >= 0.3 is 0 Å². The van der Waals surface area contributed by atoms with Crippen LogP contribution in [0.5, 0.6) is 0 Å². The Balaban J connectivity index is 0.00000133. The predicted molar refractivity (Wildman–Crippen MR) is 157 cm³/mol. The molecule has 0 bridgehead atoms. The summed E-state index contributed by atoms with van der Waals surface area (Å²) in [6, 6.07) is 35.7. The van der Waals surface area contributed by atoms with Crippen molar-refractivity contribution in [1.29, 1.82) is 0 Å². The van der Waals surface area contributed by atoms with Gasteiger partial charge in [0, 0.05) is 5.92 Å². The third kappa shape index (κ3) is 3.60. The first-order valence-electron chi connectivity index (χ1n) is 12.4. The lowest BCUT2D eigenvalue weighted by molar-refractivity contribution is 1.03. The summed E-state index contributed by atoms with van der Waals surface area (Å²) >= 11 is 0. The van der Waals surface area contributed by atoms with E-state index in [-0.39, 0.29) is 30.7 Å². The topological polar surface area (TPSA) is 0 Å². The van der Waals surface area contributed by atoms with Gasteiger partial charge in [0.1, 0.15) is 0 Å². The number of hydrogen-bond acceptors (Lipinski definition) is 0. The van der Waals surface area contributed by atoms with E-state index in [9.17, 15) is 0 Å². The van der Waals surface area contributed by atoms with Crippen LogP contribution in [0.2, 0.25) is 0 Å². The average molecular weight is 508 g/mol. The van der Waals surface area contributed by atoms with Gasteiger partial charge < -0.3 is 0 Å². The summed E-state index contributed by atoms with van der Waals surface area (Å²) in [5.41, 5.74) is 14.3. The number of fused-ring (bicyclic) bond motifs is 5. The molecule has 0 heterocycles. The van der Waals surface area contributed by atoms with E-state index in [0.717, 1.165) is 12.8 Å². The van der Waals surface area contributed by atoms with Crippen LogP contribution in [0.3, 0.4) is 0 Å². The maximum Gasteiger partial charge on any atom is 0.0287 e. The lowest BCUT2D eigenvalue weighted by Gasteiger charge is -2.29. The molecule has 178 valence electrons. The molecule has 2 heteroatoms. The van der Waals surface area contributed by atoms with E-state index in [0.29, 0.717) is 0 Å². The van der Waals surface area contributed by atoms with Crippen molar-refractivity contribution in [1.82, 2.24) is 0 Å². The summed E-state index contributed by atoms with van der Waals surface area (Å²) in [5.74, 6) is 0.281. The maximum atomic E-state index is 2.54. The van der Waals surface area contributed by atoms with Crippen molar-refractivity contribution in [3.05, 3.63) is 147 Å². The van der Waals surface area contributed by atoms with Gasteiger partial charge in [0.05, 0.1) is 0 Å². The fourth-order valence-corrected chi connectivity index (χ4v) is 6.26. The highest BCUT2D eigenvalue weighted by Crippen LogP contribution is 2.49. The van der Waals surface area contributed by atoms with E-state index in [1.807, 2.05) is 0 Å². The van der Waals surface area contributed by atoms with Crippen LogP contribution in [-0.2, 0) is 6.42 Å². The highest BCUT2D eigenvalue weighted by molar-refractivity contribution is 6.04. The summed E-state index contributed by atoms with van der Waals surface area (Å²) in [6.07, 6.45) is 7.02. The highest BCUT2D eigenvalue weighted by atomic mass is 35.5. The smallest absolute Gasteiger partial charge is 0.0287 e. The monoisotopic (exact) mass is 506 g/mol. The van der Waals surface area contributed by atoms with Crippen LogP contribution in [0, 0.1) is 0 Å². The molecule has 7 rings (SSSR count). The van der Waals surface area contributed by atoms with Gasteiger partial charge in [-0.2, -0.15) is 0 Å². The largest absolute Gasteiger partial charge is 0.147 e. The van der Waals surface area contributed by atoms with Gasteiger partial charge in [-0.3, -0.25) is 0 Å². The molecule has 0 radical (unpaired) electrons. The van der Waals surface area contributed by atoms with E-state index in [2.05, 4.69) is 116 Å². The molecule has 0 amide bonds. The summed E-state index contributed by atoms with van der Waals surface area (Å²) in [6.45, 7) is 2.31. The van der Waals surface area contributed by atoms with Crippen LogP contribution in [0.4, 0.5) is 0 Å². The zero-order chi connectivity index (χ0) is 22.6. The minimum absolute atomic E-state index is 0. The molecule has 36 heavy (non-hydrogen) atoms. The minimum atomic E-state index is 0. The van der Waals surface area contributed by atoms with Crippen molar-refractivity contribution >= 4 is 42.0 Å². The second-order valence-corrected chi connectivity index (χ2v) is 9.53. The number of rotatable bonds is 3. The van der Waals surface area contributed by atoms with E-state index in [1.165, 1.54) is 66.1 Å². The lowest BCUT2D eigenvalue weighted by atomic mass is 9.74. The van der Waals surface area contributed by atoms with E-state index in [4.69, 9.17) is 0 Å². The van der Waals surface area contributed by atoms with Crippen LogP contribution < -0.4 is 10.4 Å². The molecule has 0 saturated heterocycles. The molecule has 0 N–H and O–H groups in total. The molecule has 0 spiro atoms. The molecule has 3 aliphatic rings. The first-order chi connectivity index (χ1) is 16.8. The summed E-state index contributed by atoms with van der Waals surface area (Å²) in [7, 11) is 0. The van der Waals surface area contributed by atoms with Crippen molar-refractivity contribution in [2.75, 3.05) is 0 Å². The molecule has 4 aromatic rings. The van der Waals surface area contributed by atoms with Gasteiger partial charge in [-0.25, -0.2) is 0 Å². The van der Waals surface area contributed by atoms with Crippen LogP contribution in [0.25, 0.3) is 28.3 Å². The van der Waals surface area contributed by atoms with E-state index < -0.39 is 0 Å². The SMILES string of the molecule is CCC1=CC(c2ccccc2)C2=c3ccccc3=CC2=C1c1cccc2c1Cc1ccccc1-2.Cl.Cl. The first kappa shape index (κ1) is 24.4. The zero-order valence-corrected chi connectivity index (χ0v) is 21.8. The number of halogens is 2. The fourth-order valence-electron chi connectivity index (χ4n) is 6.26. The number of hydrogen-bond donors (Lipinski definition) is 0. The molecule has 0 aliphatic heterocycles. The third-order valence-electron chi connectivity index (χ3n) is 7.77. The normalized spacial score (nSPS) is 16.5. The fraction of sp³-hybridized carbons (Fsp3) is 0.118. The molecule has 0 aromatic heterocycles. The Hall–Kier alpha value is -3.32. The van der Waals surface area contributed by atoms with Crippen molar-refractivity contribution < 1.29 is 0 Å². The third-order valence-corrected chi connectivity index (χ3v) is 7.77. The van der Waals surface area contributed by atoms with Crippen molar-refractivity contribution in [2.45, 2.75) is 25.7 Å². The maximum absolute atomic E-state index is 2.54. The molecule has 1 atom stereocenters. The molecule has 1 unspecified atom stereocenters. The zero-order valence-electron chi connectivity index (χ0n) is 20.2. The molecule has 0 nitrogen and oxygen atoms in total. The molecule has 4 aromatic carbocycles. The molecule has 0 saturated carbocycles. The van der Waals surface area contributed by atoms with Crippen molar-refractivity contribution in [3.8, 4) is 11.1 Å². The van der Waals surface area contributed by atoms with Crippen molar-refractivity contribution in [2.24, 2.45) is 0 Å². The number of benzene rings is 4. The van der Waals surface area contributed by atoms with Crippen molar-refractivity contribution in [3.63, 3.8) is 0 Å². The summed E-state index contributed by atoms with van der Waals surface area (Å²) in [5, 5.41) is 2.72. The van der Waals surface area contributed by atoms with Gasteiger partial charge in [0.25, 0.3) is 0 Å². The van der Waals surface area contributed by atoms with Gasteiger partial charge in [-0.15, -0.1) is 24.8 Å². The Labute approximate surface area is 225 Å². The first-order valence-corrected chi connectivity index (χ1v) is 12.4. The van der Waals surface area contributed by atoms with Gasteiger partial charge in [0.15, 0.2) is 0 Å². The minimum Gasteiger partial charge on any atom is -0.147 e. The Morgan fingerprint density at radius 1 is 0.694 bits per heavy atom. The van der Waals surface area contributed by atoms with Crippen LogP contribution >= 0.6 is 24.8 Å². The summed E-state index contributed by atoms with van der Waals surface area (Å²) in [4.78, 5) is 0. The average Bonchev–Trinajstić information content (AvgIpc) is 3.47. The molecular weight excluding hydrogens is 479 g/mol. The second-order valence-electron chi connectivity index (χ2n) is 9.53. The van der Waals surface area contributed by atoms with Crippen LogP contribution in [0.1, 0.15) is 41.5 Å². The predicted octanol–water partition coefficient (Wildman–Crippen LogP) is 7.63. The lowest BCUT2D eigenvalue weighted by Crippen LogP contribution is -2.24. The van der Waals surface area contributed by atoms with Crippen LogP contribution in [0.15, 0.2) is 114 Å². The Morgan fingerprint density at radius 3 is 2.22 bits per heavy atom. The van der Waals surface area contributed by atoms with E-state index in [1.54, 1.807) is 0 Å². The Morgan fingerprint density at radius 2 is 1.39 bits per heavy atom.